The topological polar surface area (TPSA) is 30.5 Å². The molecule has 0 aliphatic rings. The van der Waals surface area contributed by atoms with E-state index < -0.39 is 0 Å². The van der Waals surface area contributed by atoms with Gasteiger partial charge < -0.3 is 14.8 Å². The van der Waals surface area contributed by atoms with E-state index in [0.29, 0.717) is 13.2 Å². The van der Waals surface area contributed by atoms with Gasteiger partial charge in [-0.15, -0.1) is 0 Å². The molecule has 0 aliphatic carbocycles. The van der Waals surface area contributed by atoms with Crippen LogP contribution >= 0.6 is 31.9 Å². The van der Waals surface area contributed by atoms with Gasteiger partial charge in [0.2, 0.25) is 0 Å². The summed E-state index contributed by atoms with van der Waals surface area (Å²) in [6.07, 6.45) is 2.42. The lowest BCUT2D eigenvalue weighted by atomic mass is 10.2. The minimum Gasteiger partial charge on any atom is -0.502 e. The van der Waals surface area contributed by atoms with Crippen LogP contribution in [0.25, 0.3) is 0 Å². The molecule has 1 aromatic rings. The Morgan fingerprint density at radius 2 is 2.16 bits per heavy atom. The first-order valence-electron chi connectivity index (χ1n) is 6.23. The maximum Gasteiger partial charge on any atom is 0.138 e. The molecule has 0 heterocycles. The Morgan fingerprint density at radius 3 is 2.84 bits per heavy atom. The van der Waals surface area contributed by atoms with Gasteiger partial charge in [-0.05, 0) is 48.0 Å². The molecule has 1 aromatic carbocycles. The Morgan fingerprint density at radius 1 is 1.37 bits per heavy atom. The minimum atomic E-state index is 0.653. The highest BCUT2D eigenvalue weighted by Gasteiger charge is 2.09. The molecular weight excluding hydrogens is 374 g/mol. The van der Waals surface area contributed by atoms with Crippen LogP contribution in [-0.4, -0.2) is 19.8 Å². The SMILES string of the molecule is C=COCCCNCc1cc(Br)cc(Br)c1OCC. The first-order valence-corrected chi connectivity index (χ1v) is 7.81. The van der Waals surface area contributed by atoms with Gasteiger partial charge in [0, 0.05) is 16.6 Å². The second-order valence-corrected chi connectivity index (χ2v) is 5.65. The standard InChI is InChI=1S/C14H19Br2NO2/c1-3-18-7-5-6-17-10-11-8-12(15)9-13(16)14(11)19-4-2/h3,8-9,17H,1,4-7,10H2,2H3. The third kappa shape index (κ3) is 5.97. The first-order chi connectivity index (χ1) is 9.19. The van der Waals surface area contributed by atoms with E-state index in [9.17, 15) is 0 Å². The Balaban J connectivity index is 2.53. The monoisotopic (exact) mass is 391 g/mol. The highest BCUT2D eigenvalue weighted by Crippen LogP contribution is 2.32. The second-order valence-electron chi connectivity index (χ2n) is 3.88. The number of benzene rings is 1. The molecule has 0 saturated carbocycles. The van der Waals surface area contributed by atoms with Crippen molar-refractivity contribution < 1.29 is 9.47 Å². The molecule has 0 aliphatic heterocycles. The highest BCUT2D eigenvalue weighted by molar-refractivity contribution is 9.11. The van der Waals surface area contributed by atoms with Gasteiger partial charge in [-0.1, -0.05) is 22.5 Å². The van der Waals surface area contributed by atoms with Crippen LogP contribution in [0.1, 0.15) is 18.9 Å². The molecule has 0 radical (unpaired) electrons. The van der Waals surface area contributed by atoms with Gasteiger partial charge in [0.15, 0.2) is 0 Å². The molecule has 0 bridgehead atoms. The summed E-state index contributed by atoms with van der Waals surface area (Å²) in [7, 11) is 0. The molecule has 3 nitrogen and oxygen atoms in total. The maximum atomic E-state index is 5.67. The molecule has 0 amide bonds. The zero-order valence-electron chi connectivity index (χ0n) is 11.0. The van der Waals surface area contributed by atoms with Gasteiger partial charge in [0.05, 0.1) is 23.9 Å². The fraction of sp³-hybridized carbons (Fsp3) is 0.429. The van der Waals surface area contributed by atoms with Crippen LogP contribution in [0.5, 0.6) is 5.75 Å². The molecule has 0 saturated heterocycles. The summed E-state index contributed by atoms with van der Waals surface area (Å²) in [5.74, 6) is 0.903. The van der Waals surface area contributed by atoms with Crippen LogP contribution in [0, 0.1) is 0 Å². The van der Waals surface area contributed by atoms with Gasteiger partial charge in [-0.2, -0.15) is 0 Å². The van der Waals surface area contributed by atoms with Gasteiger partial charge in [-0.25, -0.2) is 0 Å². The van der Waals surface area contributed by atoms with Crippen molar-refractivity contribution in [1.29, 1.82) is 0 Å². The van der Waals surface area contributed by atoms with Gasteiger partial charge >= 0.3 is 0 Å². The molecule has 0 spiro atoms. The molecule has 0 fully saturated rings. The zero-order chi connectivity index (χ0) is 14.1. The Labute approximate surface area is 131 Å². The average Bonchev–Trinajstić information content (AvgIpc) is 2.37. The fourth-order valence-corrected chi connectivity index (χ4v) is 3.07. The summed E-state index contributed by atoms with van der Waals surface area (Å²) in [5, 5.41) is 3.38. The minimum absolute atomic E-state index is 0.653. The van der Waals surface area contributed by atoms with Crippen LogP contribution in [0.2, 0.25) is 0 Å². The first kappa shape index (κ1) is 16.5. The third-order valence-corrected chi connectivity index (χ3v) is 3.47. The predicted molar refractivity (Wildman–Crippen MR) is 85.5 cm³/mol. The van der Waals surface area contributed by atoms with E-state index >= 15 is 0 Å². The van der Waals surface area contributed by atoms with E-state index in [0.717, 1.165) is 39.8 Å². The smallest absolute Gasteiger partial charge is 0.138 e. The van der Waals surface area contributed by atoms with E-state index in [1.54, 1.807) is 0 Å². The molecule has 1 N–H and O–H groups in total. The number of ether oxygens (including phenoxy) is 2. The summed E-state index contributed by atoms with van der Waals surface area (Å²) < 4.78 is 12.7. The van der Waals surface area contributed by atoms with Crippen LogP contribution in [-0.2, 0) is 11.3 Å². The fourth-order valence-electron chi connectivity index (χ4n) is 1.64. The van der Waals surface area contributed by atoms with Crippen LogP contribution in [0.15, 0.2) is 33.9 Å². The Hall–Kier alpha value is -0.520. The van der Waals surface area contributed by atoms with Crippen LogP contribution < -0.4 is 10.1 Å². The number of rotatable bonds is 9. The second kappa shape index (κ2) is 9.39. The lowest BCUT2D eigenvalue weighted by Gasteiger charge is -2.13. The van der Waals surface area contributed by atoms with Crippen molar-refractivity contribution in [2.75, 3.05) is 19.8 Å². The summed E-state index contributed by atoms with van der Waals surface area (Å²) in [5.41, 5.74) is 1.13. The van der Waals surface area contributed by atoms with Crippen LogP contribution in [0.3, 0.4) is 0 Å². The Bertz CT molecular complexity index is 411. The average molecular weight is 393 g/mol. The van der Waals surface area contributed by atoms with E-state index in [2.05, 4.69) is 49.8 Å². The number of halogens is 2. The van der Waals surface area contributed by atoms with Crippen molar-refractivity contribution in [2.45, 2.75) is 19.9 Å². The molecule has 0 aromatic heterocycles. The molecular formula is C14H19Br2NO2. The highest BCUT2D eigenvalue weighted by atomic mass is 79.9. The van der Waals surface area contributed by atoms with Gasteiger partial charge in [0.1, 0.15) is 5.75 Å². The van der Waals surface area contributed by atoms with Crippen molar-refractivity contribution >= 4 is 31.9 Å². The summed E-state index contributed by atoms with van der Waals surface area (Å²) >= 11 is 7.03. The van der Waals surface area contributed by atoms with Crippen molar-refractivity contribution in [3.63, 3.8) is 0 Å². The largest absolute Gasteiger partial charge is 0.502 e. The number of hydrogen-bond acceptors (Lipinski definition) is 3. The van der Waals surface area contributed by atoms with Crippen molar-refractivity contribution in [1.82, 2.24) is 5.32 Å². The molecule has 0 atom stereocenters. The van der Waals surface area contributed by atoms with Gasteiger partial charge in [0.25, 0.3) is 0 Å². The molecule has 106 valence electrons. The van der Waals surface area contributed by atoms with E-state index in [1.165, 1.54) is 6.26 Å². The lowest BCUT2D eigenvalue weighted by Crippen LogP contribution is -2.17. The molecule has 0 unspecified atom stereocenters. The van der Waals surface area contributed by atoms with E-state index in [-0.39, 0.29) is 0 Å². The van der Waals surface area contributed by atoms with E-state index in [1.807, 2.05) is 13.0 Å². The maximum absolute atomic E-state index is 5.67. The summed E-state index contributed by atoms with van der Waals surface area (Å²) in [6.45, 7) is 8.49. The quantitative estimate of drug-likeness (QED) is 0.503. The van der Waals surface area contributed by atoms with Crippen molar-refractivity contribution in [3.05, 3.63) is 39.5 Å². The van der Waals surface area contributed by atoms with E-state index in [4.69, 9.17) is 9.47 Å². The molecule has 19 heavy (non-hydrogen) atoms. The molecule has 5 heteroatoms. The zero-order valence-corrected chi connectivity index (χ0v) is 14.2. The lowest BCUT2D eigenvalue weighted by molar-refractivity contribution is 0.244. The normalized spacial score (nSPS) is 10.3. The number of nitrogens with one attached hydrogen (secondary N) is 1. The third-order valence-electron chi connectivity index (χ3n) is 2.42. The van der Waals surface area contributed by atoms with Crippen LogP contribution in [0.4, 0.5) is 0 Å². The van der Waals surface area contributed by atoms with Crippen molar-refractivity contribution in [2.24, 2.45) is 0 Å². The summed E-state index contributed by atoms with van der Waals surface area (Å²) in [6, 6.07) is 4.06. The Kier molecular flexibility index (Phi) is 8.18. The number of hydrogen-bond donors (Lipinski definition) is 1. The van der Waals surface area contributed by atoms with Crippen molar-refractivity contribution in [3.8, 4) is 5.75 Å². The molecule has 1 rings (SSSR count). The predicted octanol–water partition coefficient (Wildman–Crippen LogP) is 4.25. The van der Waals surface area contributed by atoms with Gasteiger partial charge in [-0.3, -0.25) is 0 Å². The summed E-state index contributed by atoms with van der Waals surface area (Å²) in [4.78, 5) is 0.